The van der Waals surface area contributed by atoms with E-state index in [9.17, 15) is 23.2 Å². The van der Waals surface area contributed by atoms with Crippen molar-refractivity contribution < 1.29 is 27.9 Å². The van der Waals surface area contributed by atoms with Gasteiger partial charge < -0.3 is 19.4 Å². The molecular formula is C63H64F2N12O4. The van der Waals surface area contributed by atoms with Crippen molar-refractivity contribution in [1.29, 1.82) is 0 Å². The van der Waals surface area contributed by atoms with Crippen LogP contribution in [0.1, 0.15) is 102 Å². The van der Waals surface area contributed by atoms with Crippen LogP contribution in [0.3, 0.4) is 0 Å². The molecule has 0 atom stereocenters. The van der Waals surface area contributed by atoms with Crippen LogP contribution in [0.25, 0.3) is 50.8 Å². The Morgan fingerprint density at radius 1 is 0.395 bits per heavy atom. The minimum absolute atomic E-state index is 0.000646. The maximum absolute atomic E-state index is 13.3. The van der Waals surface area contributed by atoms with E-state index in [1.165, 1.54) is 37.1 Å². The van der Waals surface area contributed by atoms with Crippen LogP contribution in [0.5, 0.6) is 5.75 Å². The van der Waals surface area contributed by atoms with Crippen molar-refractivity contribution in [2.45, 2.75) is 70.6 Å². The minimum atomic E-state index is -0.312. The van der Waals surface area contributed by atoms with Gasteiger partial charge in [0.25, 0.3) is 17.7 Å². The highest BCUT2D eigenvalue weighted by Gasteiger charge is 2.26. The lowest BCUT2D eigenvalue weighted by Crippen LogP contribution is -2.35. The molecule has 9 heterocycles. The summed E-state index contributed by atoms with van der Waals surface area (Å²) >= 11 is 0. The van der Waals surface area contributed by atoms with Gasteiger partial charge in [0.1, 0.15) is 17.4 Å². The lowest BCUT2D eigenvalue weighted by atomic mass is 10.1. The molecule has 6 aromatic heterocycles. The fraction of sp³-hybridized carbons (Fsp3) is 0.286. The summed E-state index contributed by atoms with van der Waals surface area (Å²) in [5, 5.41) is 13.8. The SMILES string of the molecule is COc1ccc(-n2nc(C(=O)N3CCCCCC3)cc2-c2cccnc2)cc1.O=C(c1cc(-c2cccnc2)n(-c2ccc(F)cc2)n1)N1CCCCC1.O=C(c1cc(-c2ccncc2)n(-c2ccc(F)cc2)n1)N1CCCCCC1. The topological polar surface area (TPSA) is 162 Å². The number of rotatable bonds is 10. The molecule has 3 aliphatic rings. The maximum Gasteiger partial charge on any atom is 0.274 e. The van der Waals surface area contributed by atoms with Crippen molar-refractivity contribution in [2.24, 2.45) is 0 Å². The minimum Gasteiger partial charge on any atom is -0.497 e. The molecule has 81 heavy (non-hydrogen) atoms. The quantitative estimate of drug-likeness (QED) is 0.129. The zero-order valence-electron chi connectivity index (χ0n) is 45.4. The van der Waals surface area contributed by atoms with Gasteiger partial charge in [-0.2, -0.15) is 15.3 Å². The molecule has 3 saturated heterocycles. The molecule has 3 amide bonds. The van der Waals surface area contributed by atoms with Crippen LogP contribution >= 0.6 is 0 Å². The summed E-state index contributed by atoms with van der Waals surface area (Å²) < 4.78 is 37.1. The lowest BCUT2D eigenvalue weighted by Gasteiger charge is -2.25. The van der Waals surface area contributed by atoms with Gasteiger partial charge in [-0.05, 0) is 172 Å². The molecular weight excluding hydrogens is 1030 g/mol. The normalized spacial score (nSPS) is 14.6. The van der Waals surface area contributed by atoms with Crippen LogP contribution in [-0.2, 0) is 0 Å². The first-order valence-electron chi connectivity index (χ1n) is 27.8. The number of benzene rings is 3. The van der Waals surface area contributed by atoms with Gasteiger partial charge in [0.2, 0.25) is 0 Å². The molecule has 0 N–H and O–H groups in total. The van der Waals surface area contributed by atoms with Gasteiger partial charge in [-0.1, -0.05) is 25.7 Å². The second-order valence-electron chi connectivity index (χ2n) is 20.1. The summed E-state index contributed by atoms with van der Waals surface area (Å²) in [6.45, 7) is 4.68. The molecule has 9 aromatic rings. The second-order valence-corrected chi connectivity index (χ2v) is 20.1. The highest BCUT2D eigenvalue weighted by Crippen LogP contribution is 2.29. The zero-order chi connectivity index (χ0) is 55.9. The second kappa shape index (κ2) is 26.6. The first kappa shape index (κ1) is 55.1. The van der Waals surface area contributed by atoms with Gasteiger partial charge in [0.05, 0.1) is 41.3 Å². The molecule has 0 aliphatic carbocycles. The average Bonchev–Trinajstić information content (AvgIpc) is 4.18. The van der Waals surface area contributed by atoms with Gasteiger partial charge in [-0.3, -0.25) is 29.3 Å². The molecule has 18 heteroatoms. The number of piperidine rings is 1. The summed E-state index contributed by atoms with van der Waals surface area (Å²) in [7, 11) is 1.64. The number of amides is 3. The van der Waals surface area contributed by atoms with E-state index in [0.29, 0.717) is 28.5 Å². The molecule has 16 nitrogen and oxygen atoms in total. The number of ether oxygens (including phenoxy) is 1. The molecule has 3 aromatic carbocycles. The van der Waals surface area contributed by atoms with Gasteiger partial charge >= 0.3 is 0 Å². The molecule has 0 saturated carbocycles. The number of methoxy groups -OCH3 is 1. The number of halogens is 2. The van der Waals surface area contributed by atoms with Crippen LogP contribution in [0.15, 0.2) is 165 Å². The van der Waals surface area contributed by atoms with E-state index in [2.05, 4.69) is 30.2 Å². The number of nitrogens with zero attached hydrogens (tertiary/aromatic N) is 12. The largest absolute Gasteiger partial charge is 0.497 e. The van der Waals surface area contributed by atoms with Crippen molar-refractivity contribution in [1.82, 2.24) is 59.0 Å². The van der Waals surface area contributed by atoms with Gasteiger partial charge in [0.15, 0.2) is 17.1 Å². The average molecular weight is 1090 g/mol. The molecule has 0 unspecified atom stereocenters. The Morgan fingerprint density at radius 2 is 0.728 bits per heavy atom. The Bertz CT molecular complexity index is 3480. The smallest absolute Gasteiger partial charge is 0.274 e. The fourth-order valence-electron chi connectivity index (χ4n) is 10.2. The molecule has 12 rings (SSSR count). The van der Waals surface area contributed by atoms with Crippen LogP contribution in [0, 0.1) is 11.6 Å². The highest BCUT2D eigenvalue weighted by atomic mass is 19.1. The molecule has 414 valence electrons. The molecule has 0 spiro atoms. The fourth-order valence-corrected chi connectivity index (χ4v) is 10.2. The Hall–Kier alpha value is -9.19. The first-order chi connectivity index (χ1) is 39.7. The Kier molecular flexibility index (Phi) is 18.1. The number of carbonyl (C=O) groups excluding carboxylic acids is 3. The van der Waals surface area contributed by atoms with Gasteiger partial charge in [0, 0.05) is 93.1 Å². The first-order valence-corrected chi connectivity index (χ1v) is 27.8. The predicted octanol–water partition coefficient (Wildman–Crippen LogP) is 11.7. The third-order valence-corrected chi connectivity index (χ3v) is 14.6. The molecule has 0 bridgehead atoms. The van der Waals surface area contributed by atoms with Crippen LogP contribution in [0.4, 0.5) is 8.78 Å². The summed E-state index contributed by atoms with van der Waals surface area (Å²) in [6.07, 6.45) is 22.4. The van der Waals surface area contributed by atoms with Gasteiger partial charge in [-0.25, -0.2) is 22.8 Å². The van der Waals surface area contributed by atoms with Crippen molar-refractivity contribution in [3.05, 3.63) is 193 Å². The predicted molar refractivity (Wildman–Crippen MR) is 305 cm³/mol. The van der Waals surface area contributed by atoms with E-state index in [0.717, 1.165) is 142 Å². The van der Waals surface area contributed by atoms with Crippen molar-refractivity contribution in [3.8, 4) is 56.6 Å². The number of pyridine rings is 3. The van der Waals surface area contributed by atoms with E-state index < -0.39 is 0 Å². The third-order valence-electron chi connectivity index (χ3n) is 14.6. The van der Waals surface area contributed by atoms with Crippen molar-refractivity contribution >= 4 is 17.7 Å². The van der Waals surface area contributed by atoms with E-state index >= 15 is 0 Å². The number of aromatic nitrogens is 9. The van der Waals surface area contributed by atoms with E-state index in [-0.39, 0.29) is 29.4 Å². The monoisotopic (exact) mass is 1090 g/mol. The number of hydrogen-bond donors (Lipinski definition) is 0. The van der Waals surface area contributed by atoms with E-state index in [4.69, 9.17) is 4.74 Å². The lowest BCUT2D eigenvalue weighted by molar-refractivity contribution is 0.0715. The van der Waals surface area contributed by atoms with Crippen LogP contribution in [0.2, 0.25) is 0 Å². The standard InChI is InChI=1S/C22H24N4O2.C21H21FN4O.C20H19FN4O/c1-28-19-10-8-18(9-11-19)26-21(17-7-6-12-23-16-17)15-20(24-26)22(27)25-13-4-2-3-5-14-25;22-17-5-7-18(8-6-17)26-20(16-9-11-23-12-10-16)15-19(24-26)21(27)25-13-3-1-2-4-14-25;21-16-6-8-17(9-7-16)25-19(15-5-4-10-22-14-15)13-18(23-25)20(26)24-11-2-1-3-12-24/h6-12,15-16H,2-5,13-14H2,1H3;5-12,15H,1-4,13-14H2;4-10,13-14H,1-3,11-12H2. The number of hydrogen-bond acceptors (Lipinski definition) is 10. The van der Waals surface area contributed by atoms with Crippen LogP contribution < -0.4 is 4.74 Å². The molecule has 3 aliphatic heterocycles. The van der Waals surface area contributed by atoms with Crippen molar-refractivity contribution in [3.63, 3.8) is 0 Å². The number of carbonyl (C=O) groups is 3. The summed E-state index contributed by atoms with van der Waals surface area (Å²) in [6, 6.07) is 36.7. The van der Waals surface area contributed by atoms with E-state index in [1.807, 2.05) is 92.2 Å². The molecule has 0 radical (unpaired) electrons. The van der Waals surface area contributed by atoms with E-state index in [1.54, 1.807) is 84.0 Å². The highest BCUT2D eigenvalue weighted by molar-refractivity contribution is 5.95. The number of likely N-dealkylation sites (tertiary alicyclic amines) is 3. The summed E-state index contributed by atoms with van der Waals surface area (Å²) in [5.74, 6) is 0.0495. The van der Waals surface area contributed by atoms with Crippen molar-refractivity contribution in [2.75, 3.05) is 46.4 Å². The Morgan fingerprint density at radius 3 is 1.06 bits per heavy atom. The van der Waals surface area contributed by atoms with Gasteiger partial charge in [-0.15, -0.1) is 0 Å². The third kappa shape index (κ3) is 13.6. The van der Waals surface area contributed by atoms with Crippen LogP contribution in [-0.4, -0.2) is 123 Å². The maximum atomic E-state index is 13.3. The molecule has 3 fully saturated rings. The summed E-state index contributed by atoms with van der Waals surface area (Å²) in [4.78, 5) is 57.1. The summed E-state index contributed by atoms with van der Waals surface area (Å²) in [5.41, 5.74) is 8.60. The zero-order valence-corrected chi connectivity index (χ0v) is 45.4. The Balaban J connectivity index is 0.000000136. The Labute approximate surface area is 469 Å².